The molecule has 0 heterocycles. The molecule has 0 aliphatic rings. The first kappa shape index (κ1) is 97.5. The minimum absolute atomic E-state index is 0.0745. The first-order valence-corrected chi connectivity index (χ1v) is 42.8. The van der Waals surface area contributed by atoms with E-state index in [4.69, 9.17) is 37.0 Å². The summed E-state index contributed by atoms with van der Waals surface area (Å²) in [7, 11) is -9.97. The summed E-state index contributed by atoms with van der Waals surface area (Å²) in [6.07, 6.45) is 81.7. The molecule has 0 saturated carbocycles. The van der Waals surface area contributed by atoms with E-state index in [1.54, 1.807) is 0 Å². The Kier molecular flexibility index (Phi) is 71.4. The molecule has 0 aromatic carbocycles. The maximum Gasteiger partial charge on any atom is 0.472 e. The van der Waals surface area contributed by atoms with Crippen LogP contribution in [0.1, 0.15) is 323 Å². The smallest absolute Gasteiger partial charge is 0.462 e. The number of aliphatic hydroxyl groups is 1. The van der Waals surface area contributed by atoms with Crippen molar-refractivity contribution >= 4 is 39.5 Å². The highest BCUT2D eigenvalue weighted by molar-refractivity contribution is 7.47. The number of carbonyl (C=O) groups is 4. The summed E-state index contributed by atoms with van der Waals surface area (Å²) in [6.45, 7) is 4.53. The molecule has 5 unspecified atom stereocenters. The van der Waals surface area contributed by atoms with Gasteiger partial charge in [0.2, 0.25) is 0 Å². The molecule has 0 amide bonds. The summed E-state index contributed by atoms with van der Waals surface area (Å²) < 4.78 is 68.6. The van der Waals surface area contributed by atoms with Crippen LogP contribution in [0, 0.1) is 0 Å². The van der Waals surface area contributed by atoms with Gasteiger partial charge in [-0.2, -0.15) is 0 Å². The quantitative estimate of drug-likeness (QED) is 0.0169. The Bertz CT molecular complexity index is 2410. The number of hydrogen-bond acceptors (Lipinski definition) is 15. The first-order valence-electron chi connectivity index (χ1n) is 39.8. The predicted octanol–water partition coefficient (Wildman–Crippen LogP) is 23.1. The van der Waals surface area contributed by atoms with Gasteiger partial charge in [-0.1, -0.05) is 271 Å². The molecular formula is C83H142O17P2. The average Bonchev–Trinajstić information content (AvgIpc) is 0.908. The zero-order chi connectivity index (χ0) is 74.6. The van der Waals surface area contributed by atoms with E-state index in [-0.39, 0.29) is 25.7 Å². The van der Waals surface area contributed by atoms with Gasteiger partial charge in [0, 0.05) is 25.7 Å². The lowest BCUT2D eigenvalue weighted by Crippen LogP contribution is -2.30. The van der Waals surface area contributed by atoms with Gasteiger partial charge in [-0.3, -0.25) is 37.3 Å². The van der Waals surface area contributed by atoms with Crippen LogP contribution in [0.5, 0.6) is 0 Å². The monoisotopic (exact) mass is 1470 g/mol. The summed E-state index contributed by atoms with van der Waals surface area (Å²) in [4.78, 5) is 73.0. The van der Waals surface area contributed by atoms with Crippen LogP contribution >= 0.6 is 15.6 Å². The molecule has 0 bridgehead atoms. The average molecular weight is 1470 g/mol. The minimum Gasteiger partial charge on any atom is -0.462 e. The Morgan fingerprint density at radius 2 is 0.529 bits per heavy atom. The second-order valence-electron chi connectivity index (χ2n) is 26.2. The number of unbranched alkanes of at least 4 members (excludes halogenated alkanes) is 28. The number of rotatable bonds is 74. The molecule has 0 radical (unpaired) electrons. The second-order valence-corrected chi connectivity index (χ2v) is 29.1. The van der Waals surface area contributed by atoms with Crippen LogP contribution in [-0.2, 0) is 65.4 Å². The number of phosphoric ester groups is 2. The molecule has 0 saturated heterocycles. The van der Waals surface area contributed by atoms with Gasteiger partial charge in [0.05, 0.1) is 26.4 Å². The molecule has 0 aromatic heterocycles. The fraction of sp³-hybridized carbons (Fsp3) is 0.711. The normalized spacial score (nSPS) is 14.5. The number of hydrogen-bond donors (Lipinski definition) is 3. The number of ether oxygens (including phenoxy) is 4. The summed E-state index contributed by atoms with van der Waals surface area (Å²) >= 11 is 0. The van der Waals surface area contributed by atoms with Crippen LogP contribution in [0.4, 0.5) is 0 Å². The molecular weight excluding hydrogens is 1330 g/mol. The van der Waals surface area contributed by atoms with Crippen LogP contribution in [0.15, 0.2) is 122 Å². The van der Waals surface area contributed by atoms with Crippen LogP contribution in [-0.4, -0.2) is 96.7 Å². The Hall–Kier alpha value is -4.54. The van der Waals surface area contributed by atoms with E-state index in [1.807, 2.05) is 0 Å². The van der Waals surface area contributed by atoms with Gasteiger partial charge < -0.3 is 33.8 Å². The Labute approximate surface area is 619 Å². The number of phosphoric acid groups is 2. The van der Waals surface area contributed by atoms with Crippen molar-refractivity contribution in [1.82, 2.24) is 0 Å². The fourth-order valence-corrected chi connectivity index (χ4v) is 12.0. The van der Waals surface area contributed by atoms with Gasteiger partial charge in [0.1, 0.15) is 19.3 Å². The van der Waals surface area contributed by atoms with Gasteiger partial charge >= 0.3 is 39.5 Å². The second kappa shape index (κ2) is 74.7. The summed E-state index contributed by atoms with van der Waals surface area (Å²) in [6, 6.07) is 0. The van der Waals surface area contributed by atoms with E-state index >= 15 is 0 Å². The predicted molar refractivity (Wildman–Crippen MR) is 418 cm³/mol. The van der Waals surface area contributed by atoms with E-state index in [9.17, 15) is 43.2 Å². The molecule has 0 aliphatic carbocycles. The van der Waals surface area contributed by atoms with E-state index in [0.717, 1.165) is 225 Å². The molecule has 19 heteroatoms. The number of carbonyl (C=O) groups excluding carboxylic acids is 4. The highest BCUT2D eigenvalue weighted by Crippen LogP contribution is 2.45. The van der Waals surface area contributed by atoms with Crippen LogP contribution < -0.4 is 0 Å². The van der Waals surface area contributed by atoms with Crippen molar-refractivity contribution in [3.63, 3.8) is 0 Å². The van der Waals surface area contributed by atoms with Crippen molar-refractivity contribution < 1.29 is 80.2 Å². The molecule has 17 nitrogen and oxygen atoms in total. The molecule has 586 valence electrons. The molecule has 0 aliphatic heterocycles. The van der Waals surface area contributed by atoms with Gasteiger partial charge in [0.25, 0.3) is 0 Å². The van der Waals surface area contributed by atoms with Crippen molar-refractivity contribution in [1.29, 1.82) is 0 Å². The van der Waals surface area contributed by atoms with Crippen LogP contribution in [0.3, 0.4) is 0 Å². The Morgan fingerprint density at radius 3 is 0.824 bits per heavy atom. The highest BCUT2D eigenvalue weighted by Gasteiger charge is 2.30. The first-order chi connectivity index (χ1) is 49.7. The largest absolute Gasteiger partial charge is 0.472 e. The lowest BCUT2D eigenvalue weighted by Gasteiger charge is -2.21. The Balaban J connectivity index is 5.37. The molecule has 5 atom stereocenters. The van der Waals surface area contributed by atoms with Crippen molar-refractivity contribution in [2.75, 3.05) is 39.6 Å². The molecule has 0 aromatic rings. The third kappa shape index (κ3) is 73.8. The molecule has 3 N–H and O–H groups in total. The van der Waals surface area contributed by atoms with E-state index < -0.39 is 97.5 Å². The van der Waals surface area contributed by atoms with E-state index in [2.05, 4.69) is 149 Å². The molecule has 0 rings (SSSR count). The highest BCUT2D eigenvalue weighted by atomic mass is 31.2. The zero-order valence-corrected chi connectivity index (χ0v) is 65.8. The van der Waals surface area contributed by atoms with Crippen molar-refractivity contribution in [3.8, 4) is 0 Å². The standard InChI is InChI=1S/C83H142O17P2/c1-5-9-13-17-21-25-29-33-36-38-41-44-47-51-55-59-63-67-80(85)93-73-78(99-82(87)69-65-61-57-53-49-43-32-28-24-20-16-12-8-4)75-97-101(89,90)95-71-77(84)72-96-102(91,92)98-76-79(100-83(88)70-66-62-58-54-50-46-40-35-31-27-23-19-15-11-7-3)74-94-81(86)68-64-60-56-52-48-45-42-39-37-34-30-26-22-18-14-10-6-2/h9-10,13-14,16,20-23,25-28,32-37,40,77-79,84H,5-8,11-12,15,17-19,24,29-31,38-39,41-76H2,1-4H3,(H,89,90)(H,91,92)/b13-9-,14-10-,20-16-,25-21-,26-22-,27-23-,32-28-,36-33-,37-34-,40-35-. The van der Waals surface area contributed by atoms with E-state index in [1.165, 1.54) is 19.3 Å². The third-order valence-electron chi connectivity index (χ3n) is 16.4. The van der Waals surface area contributed by atoms with Gasteiger partial charge in [0.15, 0.2) is 12.2 Å². The number of aliphatic hydroxyl groups excluding tert-OH is 1. The molecule has 0 fully saturated rings. The minimum atomic E-state index is -4.99. The van der Waals surface area contributed by atoms with Crippen molar-refractivity contribution in [3.05, 3.63) is 122 Å². The van der Waals surface area contributed by atoms with Crippen LogP contribution in [0.25, 0.3) is 0 Å². The topological polar surface area (TPSA) is 237 Å². The van der Waals surface area contributed by atoms with Gasteiger partial charge in [-0.25, -0.2) is 9.13 Å². The number of allylic oxidation sites excluding steroid dienone is 20. The zero-order valence-electron chi connectivity index (χ0n) is 64.0. The fourth-order valence-electron chi connectivity index (χ4n) is 10.4. The summed E-state index contributed by atoms with van der Waals surface area (Å²) in [5.41, 5.74) is 0. The number of esters is 4. The van der Waals surface area contributed by atoms with Crippen molar-refractivity contribution in [2.24, 2.45) is 0 Å². The summed E-state index contributed by atoms with van der Waals surface area (Å²) in [5, 5.41) is 10.6. The maximum atomic E-state index is 13.1. The SMILES string of the molecule is CC/C=C\C/C=C\C/C=C\CCCCCCCCCC(=O)OCC(COP(=O)(O)OCC(O)COP(=O)(O)OCC(COC(=O)CCCCCCCCC/C=C\C/C=C\C/C=C\CC)OC(=O)CCCCCCC/C=C\C/C=C\CCCCC)OC(=O)CCCCCCC/C=C\C/C=C\CCC. The van der Waals surface area contributed by atoms with E-state index in [0.29, 0.717) is 25.7 Å². The summed E-state index contributed by atoms with van der Waals surface area (Å²) in [5.74, 6) is -2.22. The van der Waals surface area contributed by atoms with Gasteiger partial charge in [-0.15, -0.1) is 0 Å². The van der Waals surface area contributed by atoms with Gasteiger partial charge in [-0.05, 0) is 148 Å². The third-order valence-corrected chi connectivity index (χ3v) is 18.3. The van der Waals surface area contributed by atoms with Crippen molar-refractivity contribution in [2.45, 2.75) is 341 Å². The van der Waals surface area contributed by atoms with Crippen LogP contribution in [0.2, 0.25) is 0 Å². The lowest BCUT2D eigenvalue weighted by atomic mass is 10.1. The lowest BCUT2D eigenvalue weighted by molar-refractivity contribution is -0.161. The Morgan fingerprint density at radius 1 is 0.284 bits per heavy atom. The molecule has 102 heavy (non-hydrogen) atoms. The maximum absolute atomic E-state index is 13.1. The molecule has 0 spiro atoms.